The van der Waals surface area contributed by atoms with Gasteiger partial charge in [-0.15, -0.1) is 0 Å². The van der Waals surface area contributed by atoms with Crippen LogP contribution in [0, 0.1) is 5.92 Å². The number of nitrogens with zero attached hydrogens (tertiary/aromatic N) is 2. The standard InChI is InChI=1S/C22H25N3O3/c26-20-7-5-19(6-8-20)23-22(28)18-9-11-24(13-18)15-21(27)25-12-10-16-3-1-2-4-17(16)14-25/h1-8,18,26H,9-15H2,(H,23,28). The summed E-state index contributed by atoms with van der Waals surface area (Å²) in [5, 5.41) is 12.2. The highest BCUT2D eigenvalue weighted by Gasteiger charge is 2.31. The third kappa shape index (κ3) is 4.17. The van der Waals surface area contributed by atoms with E-state index in [1.165, 1.54) is 11.1 Å². The van der Waals surface area contributed by atoms with Gasteiger partial charge in [0.15, 0.2) is 0 Å². The molecule has 2 heterocycles. The van der Waals surface area contributed by atoms with E-state index in [4.69, 9.17) is 0 Å². The molecule has 0 spiro atoms. The average molecular weight is 379 g/mol. The molecule has 2 amide bonds. The van der Waals surface area contributed by atoms with Crippen LogP contribution in [-0.4, -0.2) is 52.9 Å². The van der Waals surface area contributed by atoms with Crippen molar-refractivity contribution in [2.75, 3.05) is 31.5 Å². The summed E-state index contributed by atoms with van der Waals surface area (Å²) in [6, 6.07) is 14.7. The number of benzene rings is 2. The van der Waals surface area contributed by atoms with Crippen LogP contribution in [0.1, 0.15) is 17.5 Å². The number of nitrogens with one attached hydrogen (secondary N) is 1. The Kier molecular flexibility index (Phi) is 5.30. The minimum absolute atomic E-state index is 0.0347. The number of hydrogen-bond acceptors (Lipinski definition) is 4. The zero-order chi connectivity index (χ0) is 19.5. The predicted molar refractivity (Wildman–Crippen MR) is 107 cm³/mol. The van der Waals surface area contributed by atoms with Crippen molar-refractivity contribution in [1.82, 2.24) is 9.80 Å². The van der Waals surface area contributed by atoms with Gasteiger partial charge in [0.2, 0.25) is 11.8 Å². The summed E-state index contributed by atoms with van der Waals surface area (Å²) in [6.45, 7) is 3.15. The molecule has 2 aliphatic rings. The molecule has 0 aromatic heterocycles. The van der Waals surface area contributed by atoms with Crippen molar-refractivity contribution in [1.29, 1.82) is 0 Å². The van der Waals surface area contributed by atoms with Crippen molar-refractivity contribution < 1.29 is 14.7 Å². The number of amides is 2. The Morgan fingerprint density at radius 1 is 1.04 bits per heavy atom. The van der Waals surface area contributed by atoms with Gasteiger partial charge in [0.05, 0.1) is 12.5 Å². The van der Waals surface area contributed by atoms with Gasteiger partial charge in [-0.3, -0.25) is 14.5 Å². The van der Waals surface area contributed by atoms with Crippen LogP contribution in [0.3, 0.4) is 0 Å². The van der Waals surface area contributed by atoms with Crippen LogP contribution in [0.25, 0.3) is 0 Å². The zero-order valence-corrected chi connectivity index (χ0v) is 15.8. The van der Waals surface area contributed by atoms with Crippen molar-refractivity contribution in [3.05, 3.63) is 59.7 Å². The fraction of sp³-hybridized carbons (Fsp3) is 0.364. The smallest absolute Gasteiger partial charge is 0.237 e. The number of likely N-dealkylation sites (tertiary alicyclic amines) is 1. The van der Waals surface area contributed by atoms with Crippen LogP contribution in [0.5, 0.6) is 5.75 Å². The highest BCUT2D eigenvalue weighted by molar-refractivity contribution is 5.93. The summed E-state index contributed by atoms with van der Waals surface area (Å²) in [5.41, 5.74) is 3.23. The molecule has 0 radical (unpaired) electrons. The van der Waals surface area contributed by atoms with E-state index in [0.717, 1.165) is 25.9 Å². The molecule has 1 atom stereocenters. The second-order valence-corrected chi connectivity index (χ2v) is 7.59. The van der Waals surface area contributed by atoms with Crippen LogP contribution >= 0.6 is 0 Å². The van der Waals surface area contributed by atoms with Crippen molar-refractivity contribution in [3.63, 3.8) is 0 Å². The molecule has 0 bridgehead atoms. The van der Waals surface area contributed by atoms with Gasteiger partial charge in [-0.1, -0.05) is 24.3 Å². The Morgan fingerprint density at radius 2 is 1.79 bits per heavy atom. The number of carbonyl (C=O) groups excluding carboxylic acids is 2. The molecule has 2 aromatic rings. The molecule has 2 aliphatic heterocycles. The first kappa shape index (κ1) is 18.5. The number of rotatable bonds is 4. The lowest BCUT2D eigenvalue weighted by atomic mass is 10.00. The average Bonchev–Trinajstić information content (AvgIpc) is 3.18. The largest absolute Gasteiger partial charge is 0.508 e. The van der Waals surface area contributed by atoms with E-state index < -0.39 is 0 Å². The first-order valence-electron chi connectivity index (χ1n) is 9.75. The third-order valence-electron chi connectivity index (χ3n) is 5.62. The Balaban J connectivity index is 1.28. The van der Waals surface area contributed by atoms with Crippen molar-refractivity contribution in [3.8, 4) is 5.75 Å². The van der Waals surface area contributed by atoms with Crippen molar-refractivity contribution in [2.24, 2.45) is 5.92 Å². The van der Waals surface area contributed by atoms with Gasteiger partial charge in [0.1, 0.15) is 5.75 Å². The molecule has 1 saturated heterocycles. The van der Waals surface area contributed by atoms with E-state index in [9.17, 15) is 14.7 Å². The summed E-state index contributed by atoms with van der Waals surface area (Å²) in [6.07, 6.45) is 1.65. The lowest BCUT2D eigenvalue weighted by Gasteiger charge is -2.30. The fourth-order valence-electron chi connectivity index (χ4n) is 3.98. The Hall–Kier alpha value is -2.86. The zero-order valence-electron chi connectivity index (χ0n) is 15.8. The van der Waals surface area contributed by atoms with E-state index >= 15 is 0 Å². The molecular formula is C22H25N3O3. The van der Waals surface area contributed by atoms with Gasteiger partial charge in [-0.25, -0.2) is 0 Å². The Bertz CT molecular complexity index is 866. The normalized spacial score (nSPS) is 19.3. The van der Waals surface area contributed by atoms with Crippen LogP contribution in [0.2, 0.25) is 0 Å². The number of carbonyl (C=O) groups is 2. The molecule has 6 nitrogen and oxygen atoms in total. The van der Waals surface area contributed by atoms with Crippen LogP contribution in [0.15, 0.2) is 48.5 Å². The van der Waals surface area contributed by atoms with E-state index in [1.807, 2.05) is 17.0 Å². The molecule has 0 saturated carbocycles. The van der Waals surface area contributed by atoms with E-state index in [1.54, 1.807) is 24.3 Å². The number of phenolic OH excluding ortho intramolecular Hbond substituents is 1. The number of hydrogen-bond donors (Lipinski definition) is 2. The quantitative estimate of drug-likeness (QED) is 0.799. The van der Waals surface area contributed by atoms with Crippen molar-refractivity contribution in [2.45, 2.75) is 19.4 Å². The molecule has 1 fully saturated rings. The summed E-state index contributed by atoms with van der Waals surface area (Å²) in [7, 11) is 0. The van der Waals surface area contributed by atoms with Crippen LogP contribution in [0.4, 0.5) is 5.69 Å². The minimum Gasteiger partial charge on any atom is -0.508 e. The highest BCUT2D eigenvalue weighted by atomic mass is 16.3. The molecule has 1 unspecified atom stereocenters. The lowest BCUT2D eigenvalue weighted by Crippen LogP contribution is -2.42. The predicted octanol–water partition coefficient (Wildman–Crippen LogP) is 2.24. The molecule has 2 N–H and O–H groups in total. The molecule has 28 heavy (non-hydrogen) atoms. The van der Waals surface area contributed by atoms with E-state index in [0.29, 0.717) is 25.3 Å². The van der Waals surface area contributed by atoms with Gasteiger partial charge in [-0.05, 0) is 54.8 Å². The molecule has 6 heteroatoms. The van der Waals surface area contributed by atoms with Crippen molar-refractivity contribution >= 4 is 17.5 Å². The second kappa shape index (κ2) is 8.02. The second-order valence-electron chi connectivity index (χ2n) is 7.59. The fourth-order valence-corrected chi connectivity index (χ4v) is 3.98. The Morgan fingerprint density at radius 3 is 2.57 bits per heavy atom. The van der Waals surface area contributed by atoms with E-state index in [-0.39, 0.29) is 23.5 Å². The Labute approximate surface area is 164 Å². The number of anilines is 1. The summed E-state index contributed by atoms with van der Waals surface area (Å²) < 4.78 is 0. The maximum atomic E-state index is 12.7. The number of aromatic hydroxyl groups is 1. The topological polar surface area (TPSA) is 72.9 Å². The third-order valence-corrected chi connectivity index (χ3v) is 5.62. The lowest BCUT2D eigenvalue weighted by molar-refractivity contribution is -0.133. The minimum atomic E-state index is -0.122. The van der Waals surface area contributed by atoms with Crippen LogP contribution < -0.4 is 5.32 Å². The first-order chi connectivity index (χ1) is 13.6. The van der Waals surface area contributed by atoms with Gasteiger partial charge in [0.25, 0.3) is 0 Å². The summed E-state index contributed by atoms with van der Waals surface area (Å²) in [4.78, 5) is 29.2. The summed E-state index contributed by atoms with van der Waals surface area (Å²) in [5.74, 6) is 0.147. The monoisotopic (exact) mass is 379 g/mol. The molecule has 4 rings (SSSR count). The molecular weight excluding hydrogens is 354 g/mol. The maximum Gasteiger partial charge on any atom is 0.237 e. The highest BCUT2D eigenvalue weighted by Crippen LogP contribution is 2.22. The van der Waals surface area contributed by atoms with Gasteiger partial charge in [0, 0.05) is 25.3 Å². The maximum absolute atomic E-state index is 12.7. The van der Waals surface area contributed by atoms with E-state index in [2.05, 4.69) is 22.3 Å². The number of phenols is 1. The molecule has 146 valence electrons. The van der Waals surface area contributed by atoms with Gasteiger partial charge in [-0.2, -0.15) is 0 Å². The van der Waals surface area contributed by atoms with Gasteiger partial charge < -0.3 is 15.3 Å². The summed E-state index contributed by atoms with van der Waals surface area (Å²) >= 11 is 0. The molecule has 2 aromatic carbocycles. The van der Waals surface area contributed by atoms with Crippen LogP contribution in [-0.2, 0) is 22.6 Å². The SMILES string of the molecule is O=C(Nc1ccc(O)cc1)C1CCN(CC(=O)N2CCc3ccccc3C2)C1. The molecule has 0 aliphatic carbocycles. The number of fused-ring (bicyclic) bond motifs is 1. The first-order valence-corrected chi connectivity index (χ1v) is 9.75. The van der Waals surface area contributed by atoms with Gasteiger partial charge >= 0.3 is 0 Å².